The summed E-state index contributed by atoms with van der Waals surface area (Å²) >= 11 is 3.11. The highest BCUT2D eigenvalue weighted by Crippen LogP contribution is 2.24. The molecule has 0 spiro atoms. The van der Waals surface area contributed by atoms with E-state index >= 15 is 0 Å². The molecule has 0 aliphatic heterocycles. The number of nitrogens with one attached hydrogen (secondary N) is 1. The Balaban J connectivity index is 2.01. The molecule has 0 saturated heterocycles. The minimum absolute atomic E-state index is 0.335. The van der Waals surface area contributed by atoms with Crippen molar-refractivity contribution in [2.45, 2.75) is 26.4 Å². The van der Waals surface area contributed by atoms with Crippen molar-refractivity contribution < 1.29 is 9.13 Å². The van der Waals surface area contributed by atoms with E-state index in [1.807, 2.05) is 0 Å². The fourth-order valence-corrected chi connectivity index (χ4v) is 1.81. The Morgan fingerprint density at radius 1 is 1.30 bits per heavy atom. The lowest BCUT2D eigenvalue weighted by molar-refractivity contribution is 0.456. The highest BCUT2D eigenvalue weighted by Gasteiger charge is 2.04. The van der Waals surface area contributed by atoms with Crippen LogP contribution in [0.25, 0.3) is 0 Å². The van der Waals surface area contributed by atoms with Crippen molar-refractivity contribution >= 4 is 15.9 Å². The van der Waals surface area contributed by atoms with Gasteiger partial charge in [-0.1, -0.05) is 13.8 Å². The number of halogens is 2. The second kappa shape index (κ2) is 6.76. The molecule has 0 bridgehead atoms. The first-order valence-corrected chi connectivity index (χ1v) is 7.01. The summed E-state index contributed by atoms with van der Waals surface area (Å²) in [5, 5.41) is 3.25. The molecule has 0 fully saturated rings. The zero-order chi connectivity index (χ0) is 14.5. The molecule has 0 unspecified atom stereocenters. The molecule has 0 amide bonds. The van der Waals surface area contributed by atoms with Gasteiger partial charge < -0.3 is 10.1 Å². The topological polar surface area (TPSA) is 47.0 Å². The third-order valence-electron chi connectivity index (χ3n) is 2.49. The number of hydrogen-bond donors (Lipinski definition) is 1. The van der Waals surface area contributed by atoms with E-state index in [1.54, 1.807) is 18.5 Å². The van der Waals surface area contributed by atoms with E-state index in [4.69, 9.17) is 4.74 Å². The maximum absolute atomic E-state index is 13.1. The summed E-state index contributed by atoms with van der Waals surface area (Å²) in [5.41, 5.74) is 0.839. The van der Waals surface area contributed by atoms with Crippen LogP contribution in [-0.2, 0) is 6.54 Å². The van der Waals surface area contributed by atoms with Crippen molar-refractivity contribution in [2.75, 3.05) is 0 Å². The fourth-order valence-electron chi connectivity index (χ4n) is 1.46. The van der Waals surface area contributed by atoms with E-state index in [1.165, 1.54) is 12.1 Å². The van der Waals surface area contributed by atoms with E-state index in [2.05, 4.69) is 45.1 Å². The van der Waals surface area contributed by atoms with E-state index in [0.717, 1.165) is 5.69 Å². The van der Waals surface area contributed by atoms with Crippen LogP contribution in [0.15, 0.2) is 35.1 Å². The Morgan fingerprint density at radius 3 is 2.70 bits per heavy atom. The predicted octanol–water partition coefficient (Wildman–Crippen LogP) is 3.67. The van der Waals surface area contributed by atoms with Crippen LogP contribution < -0.4 is 10.1 Å². The summed E-state index contributed by atoms with van der Waals surface area (Å²) in [5.74, 6) is 0.538. The summed E-state index contributed by atoms with van der Waals surface area (Å²) in [4.78, 5) is 8.42. The molecule has 0 atom stereocenters. The molecule has 0 saturated carbocycles. The van der Waals surface area contributed by atoms with Gasteiger partial charge in [0.2, 0.25) is 5.88 Å². The molecule has 1 heterocycles. The lowest BCUT2D eigenvalue weighted by Gasteiger charge is -2.08. The molecular weight excluding hydrogens is 325 g/mol. The van der Waals surface area contributed by atoms with Crippen molar-refractivity contribution in [1.82, 2.24) is 15.3 Å². The molecule has 0 radical (unpaired) electrons. The third-order valence-corrected chi connectivity index (χ3v) is 3.09. The van der Waals surface area contributed by atoms with Crippen LogP contribution in [0.1, 0.15) is 19.5 Å². The summed E-state index contributed by atoms with van der Waals surface area (Å²) in [7, 11) is 0. The first kappa shape index (κ1) is 14.9. The van der Waals surface area contributed by atoms with Crippen LogP contribution in [0.3, 0.4) is 0 Å². The molecule has 106 valence electrons. The van der Waals surface area contributed by atoms with Crippen molar-refractivity contribution in [3.8, 4) is 11.6 Å². The van der Waals surface area contributed by atoms with E-state index in [0.29, 0.717) is 28.7 Å². The van der Waals surface area contributed by atoms with Gasteiger partial charge in [0.15, 0.2) is 0 Å². The van der Waals surface area contributed by atoms with E-state index < -0.39 is 0 Å². The molecule has 2 rings (SSSR count). The van der Waals surface area contributed by atoms with Gasteiger partial charge in [0, 0.05) is 12.6 Å². The van der Waals surface area contributed by atoms with Gasteiger partial charge in [-0.15, -0.1) is 0 Å². The number of hydrogen-bond acceptors (Lipinski definition) is 4. The van der Waals surface area contributed by atoms with Gasteiger partial charge in [-0.05, 0) is 34.1 Å². The monoisotopic (exact) mass is 339 g/mol. The molecule has 6 heteroatoms. The number of aromatic nitrogens is 2. The first-order valence-electron chi connectivity index (χ1n) is 6.22. The molecule has 0 aliphatic rings. The fraction of sp³-hybridized carbons (Fsp3) is 0.286. The Bertz CT molecular complexity index is 575. The highest BCUT2D eigenvalue weighted by atomic mass is 79.9. The Labute approximate surface area is 125 Å². The number of benzene rings is 1. The van der Waals surface area contributed by atoms with Crippen LogP contribution in [0, 0.1) is 5.82 Å². The van der Waals surface area contributed by atoms with Gasteiger partial charge in [-0.2, -0.15) is 0 Å². The molecule has 1 N–H and O–H groups in total. The lowest BCUT2D eigenvalue weighted by atomic mass is 10.3. The second-order valence-electron chi connectivity index (χ2n) is 4.56. The quantitative estimate of drug-likeness (QED) is 0.902. The van der Waals surface area contributed by atoms with Crippen molar-refractivity contribution in [3.63, 3.8) is 0 Å². The van der Waals surface area contributed by atoms with Crippen molar-refractivity contribution in [2.24, 2.45) is 0 Å². The standard InChI is InChI=1S/C14H15BrFN3O/c1-9(2)17-6-10-7-19-14(8-18-10)20-11-3-4-13(16)12(15)5-11/h3-5,7-9,17H,6H2,1-2H3. The van der Waals surface area contributed by atoms with Crippen molar-refractivity contribution in [3.05, 3.63) is 46.6 Å². The van der Waals surface area contributed by atoms with Crippen LogP contribution in [0.5, 0.6) is 11.6 Å². The SMILES string of the molecule is CC(C)NCc1cnc(Oc2ccc(F)c(Br)c2)cn1. The number of ether oxygens (including phenoxy) is 1. The van der Waals surface area contributed by atoms with Crippen molar-refractivity contribution in [1.29, 1.82) is 0 Å². The van der Waals surface area contributed by atoms with Gasteiger partial charge in [0.05, 0.1) is 22.6 Å². The van der Waals surface area contributed by atoms with E-state index in [-0.39, 0.29) is 5.82 Å². The van der Waals surface area contributed by atoms with Crippen LogP contribution >= 0.6 is 15.9 Å². The molecule has 2 aromatic rings. The molecule has 4 nitrogen and oxygen atoms in total. The Kier molecular flexibility index (Phi) is 5.03. The summed E-state index contributed by atoms with van der Waals surface area (Å²) < 4.78 is 19.0. The van der Waals surface area contributed by atoms with Gasteiger partial charge in [-0.3, -0.25) is 4.98 Å². The predicted molar refractivity (Wildman–Crippen MR) is 78.2 cm³/mol. The Hall–Kier alpha value is -1.53. The molecule has 1 aromatic carbocycles. The normalized spacial score (nSPS) is 10.8. The van der Waals surface area contributed by atoms with Crippen LogP contribution in [0.4, 0.5) is 4.39 Å². The van der Waals surface area contributed by atoms with Gasteiger partial charge >= 0.3 is 0 Å². The second-order valence-corrected chi connectivity index (χ2v) is 5.41. The van der Waals surface area contributed by atoms with Gasteiger partial charge in [0.1, 0.15) is 11.6 Å². The van der Waals surface area contributed by atoms with Gasteiger partial charge in [-0.25, -0.2) is 9.37 Å². The first-order chi connectivity index (χ1) is 9.54. The molecule has 20 heavy (non-hydrogen) atoms. The lowest BCUT2D eigenvalue weighted by Crippen LogP contribution is -2.22. The highest BCUT2D eigenvalue weighted by molar-refractivity contribution is 9.10. The zero-order valence-electron chi connectivity index (χ0n) is 11.2. The minimum atomic E-state index is -0.335. The maximum atomic E-state index is 13.1. The van der Waals surface area contributed by atoms with Crippen LogP contribution in [0.2, 0.25) is 0 Å². The number of nitrogens with zero attached hydrogens (tertiary/aromatic N) is 2. The maximum Gasteiger partial charge on any atom is 0.237 e. The minimum Gasteiger partial charge on any atom is -0.437 e. The third kappa shape index (κ3) is 4.25. The average Bonchev–Trinajstić information content (AvgIpc) is 2.42. The molecule has 0 aliphatic carbocycles. The van der Waals surface area contributed by atoms with Gasteiger partial charge in [0.25, 0.3) is 0 Å². The smallest absolute Gasteiger partial charge is 0.237 e. The largest absolute Gasteiger partial charge is 0.437 e. The average molecular weight is 340 g/mol. The molecule has 1 aromatic heterocycles. The van der Waals surface area contributed by atoms with Crippen LogP contribution in [-0.4, -0.2) is 16.0 Å². The summed E-state index contributed by atoms with van der Waals surface area (Å²) in [6.45, 7) is 4.79. The Morgan fingerprint density at radius 2 is 2.10 bits per heavy atom. The summed E-state index contributed by atoms with van der Waals surface area (Å²) in [6.07, 6.45) is 3.21. The number of rotatable bonds is 5. The summed E-state index contributed by atoms with van der Waals surface area (Å²) in [6, 6.07) is 4.80. The molecular formula is C14H15BrFN3O. The zero-order valence-corrected chi connectivity index (χ0v) is 12.8. The van der Waals surface area contributed by atoms with E-state index in [9.17, 15) is 4.39 Å².